The zero-order valence-corrected chi connectivity index (χ0v) is 14.4. The molecular weight excluding hydrogens is 314 g/mol. The van der Waals surface area contributed by atoms with Crippen molar-refractivity contribution in [2.75, 3.05) is 0 Å². The summed E-state index contributed by atoms with van der Waals surface area (Å²) in [6.07, 6.45) is 0.735. The van der Waals surface area contributed by atoms with Gasteiger partial charge in [0.2, 0.25) is 17.7 Å². The highest BCUT2D eigenvalue weighted by Gasteiger charge is 2.12. The van der Waals surface area contributed by atoms with Crippen molar-refractivity contribution < 1.29 is 9.21 Å². The van der Waals surface area contributed by atoms with E-state index in [1.54, 1.807) is 0 Å². The summed E-state index contributed by atoms with van der Waals surface area (Å²) in [7, 11) is 0. The summed E-state index contributed by atoms with van der Waals surface area (Å²) < 4.78 is 5.65. The van der Waals surface area contributed by atoms with Crippen molar-refractivity contribution in [3.63, 3.8) is 0 Å². The standard InChI is InChI=1S/C20H21N3O2/c1-14-8-10-17(11-9-14)20-23-22-19(25-20)13-12-18(24)21-15(2)16-6-4-3-5-7-16/h3-11,15H,12-13H2,1-2H3,(H,21,24)/t15-/m0/s1. The molecule has 0 spiro atoms. The normalized spacial score (nSPS) is 11.9. The van der Waals surface area contributed by atoms with E-state index in [-0.39, 0.29) is 11.9 Å². The lowest BCUT2D eigenvalue weighted by molar-refractivity contribution is -0.121. The minimum atomic E-state index is -0.0357. The number of aromatic nitrogens is 2. The number of amides is 1. The van der Waals surface area contributed by atoms with Gasteiger partial charge in [-0.05, 0) is 31.5 Å². The molecule has 3 rings (SSSR count). The smallest absolute Gasteiger partial charge is 0.247 e. The largest absolute Gasteiger partial charge is 0.421 e. The fourth-order valence-corrected chi connectivity index (χ4v) is 2.53. The first kappa shape index (κ1) is 16.9. The number of nitrogens with zero attached hydrogens (tertiary/aromatic N) is 2. The van der Waals surface area contributed by atoms with Crippen LogP contribution in [0.25, 0.3) is 11.5 Å². The van der Waals surface area contributed by atoms with Crippen LogP contribution in [0, 0.1) is 6.92 Å². The molecule has 0 aliphatic carbocycles. The molecule has 1 heterocycles. The van der Waals surface area contributed by atoms with Gasteiger partial charge in [-0.25, -0.2) is 0 Å². The summed E-state index contributed by atoms with van der Waals surface area (Å²) >= 11 is 0. The predicted octanol–water partition coefficient (Wildman–Crippen LogP) is 3.86. The Labute approximate surface area is 147 Å². The van der Waals surface area contributed by atoms with E-state index in [2.05, 4.69) is 15.5 Å². The fourth-order valence-electron chi connectivity index (χ4n) is 2.53. The average Bonchev–Trinajstić information content (AvgIpc) is 3.10. The average molecular weight is 335 g/mol. The molecule has 0 bridgehead atoms. The maximum Gasteiger partial charge on any atom is 0.247 e. The molecule has 1 atom stereocenters. The van der Waals surface area contributed by atoms with E-state index in [0.29, 0.717) is 24.6 Å². The molecule has 0 unspecified atom stereocenters. The van der Waals surface area contributed by atoms with Crippen LogP contribution in [0.5, 0.6) is 0 Å². The van der Waals surface area contributed by atoms with Crippen molar-refractivity contribution in [3.8, 4) is 11.5 Å². The van der Waals surface area contributed by atoms with Crippen molar-refractivity contribution in [1.82, 2.24) is 15.5 Å². The number of nitrogens with one attached hydrogen (secondary N) is 1. The molecule has 1 amide bonds. The molecule has 1 N–H and O–H groups in total. The highest BCUT2D eigenvalue weighted by molar-refractivity contribution is 5.76. The Morgan fingerprint density at radius 1 is 1.08 bits per heavy atom. The van der Waals surface area contributed by atoms with Crippen molar-refractivity contribution in [2.24, 2.45) is 0 Å². The Morgan fingerprint density at radius 2 is 1.80 bits per heavy atom. The topological polar surface area (TPSA) is 68.0 Å². The lowest BCUT2D eigenvalue weighted by Crippen LogP contribution is -2.26. The highest BCUT2D eigenvalue weighted by Crippen LogP contribution is 2.19. The first-order valence-electron chi connectivity index (χ1n) is 8.35. The zero-order valence-electron chi connectivity index (χ0n) is 14.4. The van der Waals surface area contributed by atoms with Crippen LogP contribution in [0.1, 0.15) is 36.4 Å². The molecule has 0 saturated carbocycles. The van der Waals surface area contributed by atoms with E-state index in [1.807, 2.05) is 68.4 Å². The molecule has 1 aromatic heterocycles. The van der Waals surface area contributed by atoms with Gasteiger partial charge in [0, 0.05) is 18.4 Å². The van der Waals surface area contributed by atoms with Gasteiger partial charge in [-0.2, -0.15) is 0 Å². The molecule has 0 aliphatic heterocycles. The molecule has 5 heteroatoms. The minimum absolute atomic E-state index is 0.0282. The Hall–Kier alpha value is -2.95. The minimum Gasteiger partial charge on any atom is -0.421 e. The molecule has 3 aromatic rings. The van der Waals surface area contributed by atoms with E-state index in [4.69, 9.17) is 4.42 Å². The Bertz CT molecular complexity index is 826. The molecule has 0 aliphatic rings. The van der Waals surface area contributed by atoms with Gasteiger partial charge in [-0.3, -0.25) is 4.79 Å². The molecular formula is C20H21N3O2. The molecule has 0 fully saturated rings. The zero-order chi connectivity index (χ0) is 17.6. The molecule has 128 valence electrons. The first-order chi connectivity index (χ1) is 12.1. The Morgan fingerprint density at radius 3 is 2.52 bits per heavy atom. The summed E-state index contributed by atoms with van der Waals surface area (Å²) in [6, 6.07) is 17.7. The lowest BCUT2D eigenvalue weighted by Gasteiger charge is -2.13. The Kier molecular flexibility index (Phi) is 5.23. The third-order valence-corrected chi connectivity index (χ3v) is 4.01. The maximum absolute atomic E-state index is 12.1. The van der Waals surface area contributed by atoms with Crippen LogP contribution in [0.15, 0.2) is 59.0 Å². The van der Waals surface area contributed by atoms with Crippen molar-refractivity contribution in [2.45, 2.75) is 32.7 Å². The van der Waals surface area contributed by atoms with Gasteiger partial charge in [0.05, 0.1) is 6.04 Å². The van der Waals surface area contributed by atoms with Crippen LogP contribution in [0.4, 0.5) is 0 Å². The van der Waals surface area contributed by atoms with Crippen LogP contribution in [0.3, 0.4) is 0 Å². The van der Waals surface area contributed by atoms with E-state index in [1.165, 1.54) is 5.56 Å². The summed E-state index contributed by atoms with van der Waals surface area (Å²) in [5.74, 6) is 0.914. The maximum atomic E-state index is 12.1. The van der Waals surface area contributed by atoms with Crippen LogP contribution in [-0.2, 0) is 11.2 Å². The molecule has 0 saturated heterocycles. The summed E-state index contributed by atoms with van der Waals surface area (Å²) in [4.78, 5) is 12.1. The Balaban J connectivity index is 1.53. The lowest BCUT2D eigenvalue weighted by atomic mass is 10.1. The second-order valence-corrected chi connectivity index (χ2v) is 6.07. The second kappa shape index (κ2) is 7.75. The van der Waals surface area contributed by atoms with E-state index >= 15 is 0 Å². The van der Waals surface area contributed by atoms with Crippen LogP contribution in [-0.4, -0.2) is 16.1 Å². The van der Waals surface area contributed by atoms with Gasteiger partial charge < -0.3 is 9.73 Å². The van der Waals surface area contributed by atoms with Gasteiger partial charge in [-0.15, -0.1) is 10.2 Å². The van der Waals surface area contributed by atoms with Crippen LogP contribution in [0.2, 0.25) is 0 Å². The van der Waals surface area contributed by atoms with Crippen LogP contribution >= 0.6 is 0 Å². The molecule has 2 aromatic carbocycles. The van der Waals surface area contributed by atoms with E-state index < -0.39 is 0 Å². The van der Waals surface area contributed by atoms with Gasteiger partial charge in [-0.1, -0.05) is 48.0 Å². The van der Waals surface area contributed by atoms with Gasteiger partial charge in [0.1, 0.15) is 0 Å². The SMILES string of the molecule is Cc1ccc(-c2nnc(CCC(=O)N[C@@H](C)c3ccccc3)o2)cc1. The summed E-state index contributed by atoms with van der Waals surface area (Å²) in [5.41, 5.74) is 3.13. The number of carbonyl (C=O) groups is 1. The first-order valence-corrected chi connectivity index (χ1v) is 8.35. The summed E-state index contributed by atoms with van der Waals surface area (Å²) in [6.45, 7) is 3.99. The fraction of sp³-hybridized carbons (Fsp3) is 0.250. The number of benzene rings is 2. The second-order valence-electron chi connectivity index (χ2n) is 6.07. The quantitative estimate of drug-likeness (QED) is 0.743. The molecule has 0 radical (unpaired) electrons. The van der Waals surface area contributed by atoms with Crippen molar-refractivity contribution in [3.05, 3.63) is 71.6 Å². The van der Waals surface area contributed by atoms with Gasteiger partial charge in [0.15, 0.2) is 0 Å². The molecule has 5 nitrogen and oxygen atoms in total. The number of aryl methyl sites for hydroxylation is 2. The van der Waals surface area contributed by atoms with Crippen molar-refractivity contribution >= 4 is 5.91 Å². The van der Waals surface area contributed by atoms with E-state index in [9.17, 15) is 4.79 Å². The highest BCUT2D eigenvalue weighted by atomic mass is 16.4. The predicted molar refractivity (Wildman–Crippen MR) is 95.8 cm³/mol. The molecule has 25 heavy (non-hydrogen) atoms. The number of hydrogen-bond donors (Lipinski definition) is 1. The number of hydrogen-bond acceptors (Lipinski definition) is 4. The third-order valence-electron chi connectivity index (χ3n) is 4.01. The van der Waals surface area contributed by atoms with E-state index in [0.717, 1.165) is 11.1 Å². The van der Waals surface area contributed by atoms with Crippen LogP contribution < -0.4 is 5.32 Å². The van der Waals surface area contributed by atoms with Crippen molar-refractivity contribution in [1.29, 1.82) is 0 Å². The third kappa shape index (κ3) is 4.53. The monoisotopic (exact) mass is 335 g/mol. The van der Waals surface area contributed by atoms with Gasteiger partial charge >= 0.3 is 0 Å². The summed E-state index contributed by atoms with van der Waals surface area (Å²) in [5, 5.41) is 11.1. The number of carbonyl (C=O) groups excluding carboxylic acids is 1. The van der Waals surface area contributed by atoms with Gasteiger partial charge in [0.25, 0.3) is 0 Å². The number of rotatable bonds is 6.